The van der Waals surface area contributed by atoms with Crippen LogP contribution in [0.1, 0.15) is 12.6 Å². The van der Waals surface area contributed by atoms with Crippen molar-refractivity contribution in [3.05, 3.63) is 11.9 Å². The first-order valence-corrected chi connectivity index (χ1v) is 3.03. The topological polar surface area (TPSA) is 43.8 Å². The molecule has 0 fully saturated rings. The van der Waals surface area contributed by atoms with Crippen LogP contribution in [0, 0.1) is 6.92 Å². The predicted octanol–water partition coefficient (Wildman–Crippen LogP) is 1.22. The first kappa shape index (κ1) is 9.30. The van der Waals surface area contributed by atoms with E-state index in [0.717, 1.165) is 17.9 Å². The molecule has 0 atom stereocenters. The number of aromatic nitrogens is 2. The van der Waals surface area contributed by atoms with Crippen LogP contribution in [-0.4, -0.2) is 9.78 Å². The van der Waals surface area contributed by atoms with E-state index in [9.17, 15) is 0 Å². The molecular weight excluding hydrogens is 150 g/mol. The van der Waals surface area contributed by atoms with Gasteiger partial charge in [-0.25, -0.2) is 0 Å². The van der Waals surface area contributed by atoms with Gasteiger partial charge in [-0.2, -0.15) is 5.10 Å². The smallest absolute Gasteiger partial charge is 0.0822 e. The Bertz CT molecular complexity index is 187. The monoisotopic (exact) mass is 161 g/mol. The van der Waals surface area contributed by atoms with Gasteiger partial charge in [0.1, 0.15) is 0 Å². The number of nitrogens with zero attached hydrogens (tertiary/aromatic N) is 2. The van der Waals surface area contributed by atoms with Gasteiger partial charge in [0.2, 0.25) is 0 Å². The highest BCUT2D eigenvalue weighted by atomic mass is 35.5. The fourth-order valence-electron chi connectivity index (χ4n) is 0.695. The molecule has 0 aliphatic heterocycles. The molecule has 0 aromatic carbocycles. The third-order valence-corrected chi connectivity index (χ3v) is 1.31. The van der Waals surface area contributed by atoms with Gasteiger partial charge in [0.05, 0.1) is 11.4 Å². The van der Waals surface area contributed by atoms with Crippen LogP contribution in [0.15, 0.2) is 6.20 Å². The Kier molecular flexibility index (Phi) is 3.22. The van der Waals surface area contributed by atoms with Gasteiger partial charge < -0.3 is 5.73 Å². The maximum atomic E-state index is 5.53. The van der Waals surface area contributed by atoms with Crippen molar-refractivity contribution in [2.45, 2.75) is 20.4 Å². The lowest BCUT2D eigenvalue weighted by molar-refractivity contribution is 0.653. The normalized spacial score (nSPS) is 9.00. The van der Waals surface area contributed by atoms with E-state index in [1.165, 1.54) is 0 Å². The molecule has 2 N–H and O–H groups in total. The highest BCUT2D eigenvalue weighted by molar-refractivity contribution is 5.85. The number of rotatable bonds is 1. The molecule has 0 unspecified atom stereocenters. The minimum atomic E-state index is 0. The lowest BCUT2D eigenvalue weighted by atomic mass is 10.4. The molecule has 0 amide bonds. The van der Waals surface area contributed by atoms with E-state index in [-0.39, 0.29) is 12.4 Å². The molecule has 3 nitrogen and oxygen atoms in total. The summed E-state index contributed by atoms with van der Waals surface area (Å²) < 4.78 is 1.82. The number of anilines is 1. The molecule has 1 aromatic heterocycles. The second kappa shape index (κ2) is 3.46. The molecule has 0 bridgehead atoms. The molecular formula is C6H12ClN3. The first-order chi connectivity index (χ1) is 4.24. The highest BCUT2D eigenvalue weighted by Crippen LogP contribution is 2.05. The van der Waals surface area contributed by atoms with Crippen LogP contribution in [0.2, 0.25) is 0 Å². The number of hydrogen-bond acceptors (Lipinski definition) is 2. The third-order valence-electron chi connectivity index (χ3n) is 1.31. The van der Waals surface area contributed by atoms with E-state index in [1.807, 2.05) is 24.7 Å². The third kappa shape index (κ3) is 1.64. The lowest BCUT2D eigenvalue weighted by Gasteiger charge is -1.88. The Morgan fingerprint density at radius 1 is 1.70 bits per heavy atom. The standard InChI is InChI=1S/C6H11N3.ClH/c1-3-9-4-6(7)5(2)8-9;/h4H,3,7H2,1-2H3;1H. The van der Waals surface area contributed by atoms with E-state index >= 15 is 0 Å². The first-order valence-electron chi connectivity index (χ1n) is 3.03. The summed E-state index contributed by atoms with van der Waals surface area (Å²) in [6.45, 7) is 4.82. The van der Waals surface area contributed by atoms with Gasteiger partial charge >= 0.3 is 0 Å². The van der Waals surface area contributed by atoms with Crippen LogP contribution in [0.5, 0.6) is 0 Å². The highest BCUT2D eigenvalue weighted by Gasteiger charge is 1.96. The minimum absolute atomic E-state index is 0. The van der Waals surface area contributed by atoms with Crippen molar-refractivity contribution in [1.82, 2.24) is 9.78 Å². The zero-order valence-corrected chi connectivity index (χ0v) is 6.98. The van der Waals surface area contributed by atoms with E-state index < -0.39 is 0 Å². The summed E-state index contributed by atoms with van der Waals surface area (Å²) in [6, 6.07) is 0. The fourth-order valence-corrected chi connectivity index (χ4v) is 0.695. The molecule has 0 aliphatic carbocycles. The van der Waals surface area contributed by atoms with Crippen molar-refractivity contribution in [3.8, 4) is 0 Å². The van der Waals surface area contributed by atoms with E-state index in [0.29, 0.717) is 0 Å². The van der Waals surface area contributed by atoms with Gasteiger partial charge in [0, 0.05) is 12.7 Å². The zero-order valence-electron chi connectivity index (χ0n) is 6.16. The van der Waals surface area contributed by atoms with Gasteiger partial charge in [0.15, 0.2) is 0 Å². The summed E-state index contributed by atoms with van der Waals surface area (Å²) in [7, 11) is 0. The predicted molar refractivity (Wildman–Crippen MR) is 44.3 cm³/mol. The fraction of sp³-hybridized carbons (Fsp3) is 0.500. The lowest BCUT2D eigenvalue weighted by Crippen LogP contribution is -1.93. The van der Waals surface area contributed by atoms with E-state index in [4.69, 9.17) is 5.73 Å². The van der Waals surface area contributed by atoms with Crippen LogP contribution in [0.4, 0.5) is 5.69 Å². The summed E-state index contributed by atoms with van der Waals surface area (Å²) in [5.41, 5.74) is 7.22. The molecule has 0 aliphatic rings. The number of aryl methyl sites for hydroxylation is 2. The molecule has 1 aromatic rings. The summed E-state index contributed by atoms with van der Waals surface area (Å²) in [5, 5.41) is 4.12. The van der Waals surface area contributed by atoms with Crippen molar-refractivity contribution >= 4 is 18.1 Å². The van der Waals surface area contributed by atoms with Gasteiger partial charge in [-0.3, -0.25) is 4.68 Å². The molecule has 4 heteroatoms. The van der Waals surface area contributed by atoms with Crippen LogP contribution in [0.3, 0.4) is 0 Å². The maximum absolute atomic E-state index is 5.53. The quantitative estimate of drug-likeness (QED) is 0.673. The van der Waals surface area contributed by atoms with Crippen molar-refractivity contribution in [2.24, 2.45) is 0 Å². The molecule has 0 radical (unpaired) electrons. The van der Waals surface area contributed by atoms with Gasteiger partial charge in [0.25, 0.3) is 0 Å². The van der Waals surface area contributed by atoms with Crippen molar-refractivity contribution in [2.75, 3.05) is 5.73 Å². The van der Waals surface area contributed by atoms with Gasteiger partial charge in [-0.05, 0) is 13.8 Å². The van der Waals surface area contributed by atoms with Crippen LogP contribution in [0.25, 0.3) is 0 Å². The summed E-state index contributed by atoms with van der Waals surface area (Å²) in [6.07, 6.45) is 1.84. The second-order valence-electron chi connectivity index (χ2n) is 2.03. The van der Waals surface area contributed by atoms with Crippen LogP contribution < -0.4 is 5.73 Å². The van der Waals surface area contributed by atoms with E-state index in [2.05, 4.69) is 5.10 Å². The molecule has 0 spiro atoms. The van der Waals surface area contributed by atoms with Gasteiger partial charge in [-0.15, -0.1) is 12.4 Å². The maximum Gasteiger partial charge on any atom is 0.0822 e. The molecule has 10 heavy (non-hydrogen) atoms. The SMILES string of the molecule is CCn1cc(N)c(C)n1.Cl. The molecule has 0 saturated carbocycles. The summed E-state index contributed by atoms with van der Waals surface area (Å²) in [4.78, 5) is 0. The Morgan fingerprint density at radius 2 is 2.30 bits per heavy atom. The molecule has 0 saturated heterocycles. The number of nitrogens with two attached hydrogens (primary N) is 1. The van der Waals surface area contributed by atoms with Crippen molar-refractivity contribution in [1.29, 1.82) is 0 Å². The second-order valence-corrected chi connectivity index (χ2v) is 2.03. The van der Waals surface area contributed by atoms with Crippen molar-refractivity contribution < 1.29 is 0 Å². The largest absolute Gasteiger partial charge is 0.396 e. The Labute approximate surface area is 66.6 Å². The Morgan fingerprint density at radius 3 is 2.50 bits per heavy atom. The summed E-state index contributed by atoms with van der Waals surface area (Å²) >= 11 is 0. The van der Waals surface area contributed by atoms with Crippen LogP contribution >= 0.6 is 12.4 Å². The molecule has 1 heterocycles. The van der Waals surface area contributed by atoms with Crippen LogP contribution in [-0.2, 0) is 6.54 Å². The number of nitrogen functional groups attached to an aromatic ring is 1. The Hall–Kier alpha value is -0.700. The molecule has 1 rings (SSSR count). The Balaban J connectivity index is 0.000000810. The number of hydrogen-bond donors (Lipinski definition) is 1. The van der Waals surface area contributed by atoms with E-state index in [1.54, 1.807) is 0 Å². The average Bonchev–Trinajstić information content (AvgIpc) is 2.13. The zero-order chi connectivity index (χ0) is 6.85. The van der Waals surface area contributed by atoms with Gasteiger partial charge in [-0.1, -0.05) is 0 Å². The number of halogens is 1. The minimum Gasteiger partial charge on any atom is -0.396 e. The average molecular weight is 162 g/mol. The van der Waals surface area contributed by atoms with Crippen molar-refractivity contribution in [3.63, 3.8) is 0 Å². The summed E-state index contributed by atoms with van der Waals surface area (Å²) in [5.74, 6) is 0. The molecule has 58 valence electrons.